The largest absolute Gasteiger partial charge is 0.359 e. The fraction of sp³-hybridized carbons (Fsp3) is 0.571. The van der Waals surface area contributed by atoms with E-state index in [1.165, 1.54) is 4.88 Å². The Morgan fingerprint density at radius 2 is 1.95 bits per heavy atom. The van der Waals surface area contributed by atoms with E-state index in [0.717, 1.165) is 34.7 Å². The van der Waals surface area contributed by atoms with Crippen molar-refractivity contribution in [1.29, 1.82) is 0 Å². The Balaban J connectivity index is 2.26. The highest BCUT2D eigenvalue weighted by Gasteiger charge is 2.15. The monoisotopic (exact) mass is 310 g/mol. The van der Waals surface area contributed by atoms with Gasteiger partial charge in [-0.15, -0.1) is 11.3 Å². The number of hydrogen-bond acceptors (Lipinski definition) is 6. The molecule has 0 aromatic carbocycles. The lowest BCUT2D eigenvalue weighted by Crippen LogP contribution is -2.21. The molecule has 4 nitrogen and oxygen atoms in total. The van der Waals surface area contributed by atoms with Gasteiger partial charge in [-0.1, -0.05) is 11.3 Å². The minimum atomic E-state index is 0.405. The first-order chi connectivity index (χ1) is 9.55. The van der Waals surface area contributed by atoms with Gasteiger partial charge in [-0.2, -0.15) is 0 Å². The molecule has 0 atom stereocenters. The Bertz CT molecular complexity index is 555. The summed E-state index contributed by atoms with van der Waals surface area (Å²) < 4.78 is 0. The Hall–Kier alpha value is -1.14. The van der Waals surface area contributed by atoms with Crippen LogP contribution in [-0.2, 0) is 0 Å². The third-order valence-electron chi connectivity index (χ3n) is 2.97. The van der Waals surface area contributed by atoms with Gasteiger partial charge in [0.2, 0.25) is 0 Å². The zero-order valence-corrected chi connectivity index (χ0v) is 14.4. The van der Waals surface area contributed by atoms with Crippen LogP contribution in [-0.4, -0.2) is 29.1 Å². The van der Waals surface area contributed by atoms with Crippen molar-refractivity contribution in [2.45, 2.75) is 40.7 Å². The molecule has 0 aliphatic heterocycles. The topological polar surface area (TPSA) is 41.1 Å². The van der Waals surface area contributed by atoms with E-state index in [0.29, 0.717) is 6.04 Å². The van der Waals surface area contributed by atoms with Gasteiger partial charge in [0.25, 0.3) is 0 Å². The quantitative estimate of drug-likeness (QED) is 0.866. The lowest BCUT2D eigenvalue weighted by molar-refractivity contribution is 0.857. The average Bonchev–Trinajstić information content (AvgIpc) is 2.97. The molecule has 0 amide bonds. The summed E-state index contributed by atoms with van der Waals surface area (Å²) in [5, 5.41) is 7.53. The van der Waals surface area contributed by atoms with Gasteiger partial charge in [0.05, 0.1) is 16.3 Å². The zero-order valence-electron chi connectivity index (χ0n) is 12.7. The fourth-order valence-corrected chi connectivity index (χ4v) is 4.02. The molecule has 0 saturated carbocycles. The number of hydrogen-bond donors (Lipinski definition) is 1. The van der Waals surface area contributed by atoms with E-state index in [2.05, 4.69) is 60.2 Å². The molecule has 0 aliphatic rings. The lowest BCUT2D eigenvalue weighted by Gasteiger charge is -2.16. The second kappa shape index (κ2) is 6.54. The highest BCUT2D eigenvalue weighted by atomic mass is 32.1. The van der Waals surface area contributed by atoms with Crippen LogP contribution in [0.1, 0.15) is 33.4 Å². The maximum Gasteiger partial charge on any atom is 0.186 e. The van der Waals surface area contributed by atoms with Crippen molar-refractivity contribution in [2.75, 3.05) is 23.3 Å². The molecule has 2 aromatic rings. The average molecular weight is 310 g/mol. The SMILES string of the molecule is CCN(CC)c1nc(C)c(-c2csc(NC(C)C)n2)s1. The van der Waals surface area contributed by atoms with Crippen molar-refractivity contribution in [1.82, 2.24) is 9.97 Å². The second-order valence-electron chi connectivity index (χ2n) is 4.92. The van der Waals surface area contributed by atoms with E-state index >= 15 is 0 Å². The summed E-state index contributed by atoms with van der Waals surface area (Å²) in [5.74, 6) is 0. The van der Waals surface area contributed by atoms with Gasteiger partial charge in [-0.25, -0.2) is 9.97 Å². The van der Waals surface area contributed by atoms with Crippen LogP contribution in [0.4, 0.5) is 10.3 Å². The predicted octanol–water partition coefficient (Wildman–Crippen LogP) is 4.24. The van der Waals surface area contributed by atoms with Gasteiger partial charge < -0.3 is 10.2 Å². The highest BCUT2D eigenvalue weighted by molar-refractivity contribution is 7.19. The van der Waals surface area contributed by atoms with Gasteiger partial charge in [0.15, 0.2) is 10.3 Å². The predicted molar refractivity (Wildman–Crippen MR) is 90.3 cm³/mol. The van der Waals surface area contributed by atoms with Gasteiger partial charge in [0.1, 0.15) is 0 Å². The Morgan fingerprint density at radius 3 is 2.55 bits per heavy atom. The molecule has 0 radical (unpaired) electrons. The summed E-state index contributed by atoms with van der Waals surface area (Å²) in [4.78, 5) is 12.8. The summed E-state index contributed by atoms with van der Waals surface area (Å²) in [6.45, 7) is 12.6. The Kier molecular flexibility index (Phi) is 4.99. The molecule has 110 valence electrons. The number of rotatable bonds is 6. The molecule has 1 N–H and O–H groups in total. The van der Waals surface area contributed by atoms with E-state index in [4.69, 9.17) is 0 Å². The summed E-state index contributed by atoms with van der Waals surface area (Å²) in [5.41, 5.74) is 2.10. The van der Waals surface area contributed by atoms with Crippen LogP contribution in [0.3, 0.4) is 0 Å². The maximum atomic E-state index is 4.69. The number of aryl methyl sites for hydroxylation is 1. The smallest absolute Gasteiger partial charge is 0.186 e. The molecule has 0 bridgehead atoms. The number of nitrogens with zero attached hydrogens (tertiary/aromatic N) is 3. The van der Waals surface area contributed by atoms with Crippen LogP contribution in [0.2, 0.25) is 0 Å². The zero-order chi connectivity index (χ0) is 14.7. The molecule has 0 fully saturated rings. The van der Waals surface area contributed by atoms with Crippen LogP contribution in [0.5, 0.6) is 0 Å². The third kappa shape index (κ3) is 3.30. The van der Waals surface area contributed by atoms with Crippen LogP contribution in [0, 0.1) is 6.92 Å². The van der Waals surface area contributed by atoms with Crippen LogP contribution < -0.4 is 10.2 Å². The van der Waals surface area contributed by atoms with Crippen molar-refractivity contribution in [3.63, 3.8) is 0 Å². The normalized spacial score (nSPS) is 11.1. The van der Waals surface area contributed by atoms with Crippen molar-refractivity contribution >= 4 is 32.9 Å². The number of aromatic nitrogens is 2. The first kappa shape index (κ1) is 15.3. The van der Waals surface area contributed by atoms with E-state index in [1.807, 2.05) is 0 Å². The van der Waals surface area contributed by atoms with Gasteiger partial charge >= 0.3 is 0 Å². The molecule has 2 aromatic heterocycles. The number of nitrogens with one attached hydrogen (secondary N) is 1. The molecule has 6 heteroatoms. The van der Waals surface area contributed by atoms with Crippen LogP contribution in [0.15, 0.2) is 5.38 Å². The van der Waals surface area contributed by atoms with Crippen molar-refractivity contribution in [3.05, 3.63) is 11.1 Å². The Morgan fingerprint density at radius 1 is 1.25 bits per heavy atom. The van der Waals surface area contributed by atoms with E-state index < -0.39 is 0 Å². The number of anilines is 2. The molecule has 2 rings (SSSR count). The molecule has 0 spiro atoms. The van der Waals surface area contributed by atoms with Gasteiger partial charge in [-0.3, -0.25) is 0 Å². The fourth-order valence-electron chi connectivity index (χ4n) is 1.94. The Labute approximate surface area is 128 Å². The standard InChI is InChI=1S/C14H22N4S2/c1-6-18(7-2)14-16-10(5)12(20-14)11-8-19-13(17-11)15-9(3)4/h8-9H,6-7H2,1-5H3,(H,15,17). The van der Waals surface area contributed by atoms with Crippen molar-refractivity contribution < 1.29 is 0 Å². The second-order valence-corrected chi connectivity index (χ2v) is 6.76. The van der Waals surface area contributed by atoms with Crippen LogP contribution in [0.25, 0.3) is 10.6 Å². The third-order valence-corrected chi connectivity index (χ3v) is 4.98. The maximum absolute atomic E-state index is 4.69. The molecule has 0 aliphatic carbocycles. The number of thiazole rings is 2. The first-order valence-corrected chi connectivity index (χ1v) is 8.69. The van der Waals surface area contributed by atoms with Crippen LogP contribution >= 0.6 is 22.7 Å². The summed E-state index contributed by atoms with van der Waals surface area (Å²) in [6, 6.07) is 0.405. The molecule has 20 heavy (non-hydrogen) atoms. The summed E-state index contributed by atoms with van der Waals surface area (Å²) >= 11 is 3.39. The lowest BCUT2D eigenvalue weighted by atomic mass is 10.3. The first-order valence-electron chi connectivity index (χ1n) is 6.99. The van der Waals surface area contributed by atoms with Gasteiger partial charge in [-0.05, 0) is 34.6 Å². The molecular formula is C14H22N4S2. The molecule has 0 saturated heterocycles. The van der Waals surface area contributed by atoms with Gasteiger partial charge in [0, 0.05) is 24.5 Å². The van der Waals surface area contributed by atoms with E-state index in [9.17, 15) is 0 Å². The van der Waals surface area contributed by atoms with E-state index in [-0.39, 0.29) is 0 Å². The highest BCUT2D eigenvalue weighted by Crippen LogP contribution is 2.35. The van der Waals surface area contributed by atoms with Crippen molar-refractivity contribution in [2.24, 2.45) is 0 Å². The summed E-state index contributed by atoms with van der Waals surface area (Å²) in [7, 11) is 0. The molecule has 2 heterocycles. The molecular weight excluding hydrogens is 288 g/mol. The summed E-state index contributed by atoms with van der Waals surface area (Å²) in [6.07, 6.45) is 0. The van der Waals surface area contributed by atoms with E-state index in [1.54, 1.807) is 22.7 Å². The molecule has 0 unspecified atom stereocenters. The minimum absolute atomic E-state index is 0.405. The van der Waals surface area contributed by atoms with Crippen molar-refractivity contribution in [3.8, 4) is 10.6 Å². The minimum Gasteiger partial charge on any atom is -0.359 e.